The number of hydrogen-bond donors (Lipinski definition) is 0. The maximum atomic E-state index is 4.59. The number of benzene rings is 6. The van der Waals surface area contributed by atoms with Gasteiger partial charge in [0.15, 0.2) is 0 Å². The van der Waals surface area contributed by atoms with Crippen LogP contribution in [0.5, 0.6) is 0 Å². The van der Waals surface area contributed by atoms with Crippen LogP contribution in [0.25, 0.3) is 0 Å². The van der Waals surface area contributed by atoms with Gasteiger partial charge in [0, 0.05) is 17.6 Å². The van der Waals surface area contributed by atoms with Crippen LogP contribution in [0.2, 0.25) is 0 Å². The molecule has 6 aromatic carbocycles. The van der Waals surface area contributed by atoms with Gasteiger partial charge < -0.3 is 12.6 Å². The van der Waals surface area contributed by atoms with Gasteiger partial charge in [-0.1, -0.05) is 182 Å². The van der Waals surface area contributed by atoms with Crippen molar-refractivity contribution in [3.8, 4) is 0 Å². The molecule has 0 unspecified atom stereocenters. The van der Waals surface area contributed by atoms with Crippen molar-refractivity contribution in [1.82, 2.24) is 9.97 Å². The molecule has 0 fully saturated rings. The van der Waals surface area contributed by atoms with Crippen molar-refractivity contribution < 1.29 is 17.1 Å². The van der Waals surface area contributed by atoms with Gasteiger partial charge in [0.2, 0.25) is 0 Å². The zero-order chi connectivity index (χ0) is 30.9. The third-order valence-corrected chi connectivity index (χ3v) is 11.7. The molecule has 0 saturated heterocycles. The van der Waals surface area contributed by atoms with E-state index in [0.717, 1.165) is 0 Å². The van der Waals surface area contributed by atoms with Crippen LogP contribution >= 0.6 is 29.3 Å². The minimum Gasteiger partial charge on any atom is -0.740 e. The molecule has 7 rings (SSSR count). The average Bonchev–Trinajstić information content (AvgIpc) is 3.12. The smallest absolute Gasteiger partial charge is 0.740 e. The van der Waals surface area contributed by atoms with Gasteiger partial charge in [-0.25, -0.2) is 0 Å². The maximum absolute atomic E-state index is 4.59. The van der Waals surface area contributed by atoms with Crippen molar-refractivity contribution in [2.75, 3.05) is 0 Å². The summed E-state index contributed by atoms with van der Waals surface area (Å²) >= 11 is 4.59. The number of hydrogen-bond acceptors (Lipinski definition) is 3. The molecule has 1 aromatic heterocycles. The van der Waals surface area contributed by atoms with E-state index in [1.807, 2.05) is 0 Å². The van der Waals surface area contributed by atoms with Crippen molar-refractivity contribution in [3.63, 3.8) is 0 Å². The van der Waals surface area contributed by atoms with E-state index in [0.29, 0.717) is 5.16 Å². The third-order valence-electron chi connectivity index (χ3n) is 6.63. The van der Waals surface area contributed by atoms with Crippen LogP contribution in [0.3, 0.4) is 0 Å². The topological polar surface area (TPSA) is 25.8 Å². The van der Waals surface area contributed by atoms with Crippen LogP contribution in [-0.4, -0.2) is 9.97 Å². The van der Waals surface area contributed by atoms with Gasteiger partial charge >= 0.3 is 17.1 Å². The van der Waals surface area contributed by atoms with Crippen LogP contribution in [0.15, 0.2) is 206 Å². The summed E-state index contributed by atoms with van der Waals surface area (Å²) in [6, 6.07) is 66.4. The Labute approximate surface area is 304 Å². The van der Waals surface area contributed by atoms with E-state index >= 15 is 0 Å². The molecular weight excluding hydrogens is 698 g/mol. The molecule has 7 heteroatoms. The van der Waals surface area contributed by atoms with E-state index in [4.69, 9.17) is 0 Å². The predicted molar refractivity (Wildman–Crippen MR) is 208 cm³/mol. The molecule has 0 aliphatic rings. The van der Waals surface area contributed by atoms with Crippen molar-refractivity contribution in [2.45, 2.75) is 5.16 Å². The minimum atomic E-state index is -0.446. The van der Waals surface area contributed by atoms with Crippen LogP contribution < -0.4 is 31.8 Å². The fraction of sp³-hybridized carbons (Fsp3) is 0. The number of aromatic nitrogens is 2. The Bertz CT molecular complexity index is 1480. The van der Waals surface area contributed by atoms with E-state index in [-0.39, 0.29) is 30.6 Å². The second-order valence-corrected chi connectivity index (χ2v) is 14.5. The zero-order valence-electron chi connectivity index (χ0n) is 25.6. The van der Waals surface area contributed by atoms with Crippen LogP contribution in [-0.2, 0) is 29.7 Å². The first kappa shape index (κ1) is 37.8. The van der Waals surface area contributed by atoms with E-state index in [2.05, 4.69) is 205 Å². The Balaban J connectivity index is 0.000000205. The standard InChI is InChI=1S/2C18H15P.C4H4N2S.Cu.H2S/c2*1-4-10-16(11-5-1)19(17-12-6-2-7-13-17)18-14-8-3-9-15-18;7-4-5-2-1-3-6-4;;/h2*1-15H;1-3H,(H,5,6,7);;1H2/q;;;+1;/p-1. The summed E-state index contributed by atoms with van der Waals surface area (Å²) in [5, 5.41) is 8.79. The first-order chi connectivity index (χ1) is 22.3. The molecule has 47 heavy (non-hydrogen) atoms. The molecule has 0 aliphatic heterocycles. The minimum absolute atomic E-state index is 0. The summed E-state index contributed by atoms with van der Waals surface area (Å²) in [7, 11) is -0.892. The van der Waals surface area contributed by atoms with E-state index in [9.17, 15) is 0 Å². The molecule has 238 valence electrons. The van der Waals surface area contributed by atoms with E-state index < -0.39 is 15.8 Å². The summed E-state index contributed by atoms with van der Waals surface area (Å²) in [5.74, 6) is 0. The molecule has 0 amide bonds. The summed E-state index contributed by atoms with van der Waals surface area (Å²) in [6.45, 7) is 0. The van der Waals surface area contributed by atoms with Gasteiger partial charge in [0.1, 0.15) is 0 Å². The SMILES string of the molecule is S.[Cu+].[S-]c1ncccn1.c1ccc(P(c2ccccc2)c2ccccc2)cc1.c1ccc(P(c2ccccc2)c2ccccc2)cc1. The summed E-state index contributed by atoms with van der Waals surface area (Å²) in [6.07, 6.45) is 3.24. The van der Waals surface area contributed by atoms with Crippen molar-refractivity contribution in [3.05, 3.63) is 200 Å². The summed E-state index contributed by atoms with van der Waals surface area (Å²) in [5.41, 5.74) is 0. The van der Waals surface area contributed by atoms with Gasteiger partial charge in [0.05, 0.1) is 0 Å². The number of rotatable bonds is 6. The Morgan fingerprint density at radius 1 is 0.319 bits per heavy atom. The molecule has 0 saturated carbocycles. The van der Waals surface area contributed by atoms with E-state index in [1.54, 1.807) is 18.5 Å². The quantitative estimate of drug-likeness (QED) is 0.0773. The molecule has 0 bridgehead atoms. The molecule has 1 heterocycles. The first-order valence-electron chi connectivity index (χ1n) is 14.6. The Morgan fingerprint density at radius 2 is 0.511 bits per heavy atom. The largest absolute Gasteiger partial charge is 1.00 e. The van der Waals surface area contributed by atoms with Crippen molar-refractivity contribution >= 4 is 73.8 Å². The van der Waals surface area contributed by atoms with Gasteiger partial charge in [-0.15, -0.1) is 0 Å². The van der Waals surface area contributed by atoms with Crippen molar-refractivity contribution in [2.24, 2.45) is 0 Å². The molecule has 7 aromatic rings. The molecule has 2 nitrogen and oxygen atoms in total. The van der Waals surface area contributed by atoms with Crippen LogP contribution in [0.1, 0.15) is 0 Å². The van der Waals surface area contributed by atoms with Gasteiger partial charge in [-0.3, -0.25) is 9.97 Å². The third kappa shape index (κ3) is 11.8. The predicted octanol–water partition coefficient (Wildman–Crippen LogP) is 7.38. The molecule has 0 radical (unpaired) electrons. The van der Waals surface area contributed by atoms with Gasteiger partial charge in [0.25, 0.3) is 0 Å². The van der Waals surface area contributed by atoms with Crippen molar-refractivity contribution in [1.29, 1.82) is 0 Å². The number of nitrogens with zero attached hydrogens (tertiary/aromatic N) is 2. The second-order valence-electron chi connectivity index (χ2n) is 9.72. The fourth-order valence-electron chi connectivity index (χ4n) is 4.64. The molecule has 0 aliphatic carbocycles. The van der Waals surface area contributed by atoms with E-state index in [1.165, 1.54) is 31.8 Å². The first-order valence-corrected chi connectivity index (χ1v) is 17.7. The Morgan fingerprint density at radius 3 is 0.660 bits per heavy atom. The van der Waals surface area contributed by atoms with Gasteiger partial charge in [-0.05, 0) is 53.7 Å². The molecule has 0 N–H and O–H groups in total. The van der Waals surface area contributed by atoms with Gasteiger partial charge in [-0.2, -0.15) is 13.5 Å². The maximum Gasteiger partial charge on any atom is 1.00 e. The van der Waals surface area contributed by atoms with Crippen LogP contribution in [0, 0.1) is 0 Å². The van der Waals surface area contributed by atoms with Crippen LogP contribution in [0.4, 0.5) is 0 Å². The fourth-order valence-corrected chi connectivity index (χ4v) is 9.37. The Kier molecular flexibility index (Phi) is 17.1. The normalized spacial score (nSPS) is 9.83. The average molecular weight is 733 g/mol. The zero-order valence-corrected chi connectivity index (χ0v) is 30.1. The molecule has 0 atom stereocenters. The molecule has 0 spiro atoms. The Hall–Kier alpha value is -3.65. The monoisotopic (exact) mass is 732 g/mol. The second kappa shape index (κ2) is 21.3. The summed E-state index contributed by atoms with van der Waals surface area (Å²) < 4.78 is 0. The molecular formula is C40H35CuN2P2S2. The summed E-state index contributed by atoms with van der Waals surface area (Å²) in [4.78, 5) is 7.37.